The molecule has 2 rings (SSSR count). The predicted molar refractivity (Wildman–Crippen MR) is 122 cm³/mol. The Morgan fingerprint density at radius 2 is 1.53 bits per heavy atom. The van der Waals surface area contributed by atoms with E-state index >= 15 is 0 Å². The maximum atomic E-state index is 12.6. The zero-order valence-electron chi connectivity index (χ0n) is 18.7. The second-order valence-electron chi connectivity index (χ2n) is 8.11. The minimum Gasteiger partial charge on any atom is -0.351 e. The van der Waals surface area contributed by atoms with Crippen molar-refractivity contribution in [1.82, 2.24) is 10.2 Å². The number of anilines is 1. The summed E-state index contributed by atoms with van der Waals surface area (Å²) in [7, 11) is -3.68. The van der Waals surface area contributed by atoms with Gasteiger partial charge in [0.1, 0.15) is 0 Å². The number of carbonyl (C=O) groups excluding carboxylic acids is 1. The van der Waals surface area contributed by atoms with E-state index in [4.69, 9.17) is 0 Å². The van der Waals surface area contributed by atoms with Crippen molar-refractivity contribution in [2.24, 2.45) is 0 Å². The lowest BCUT2D eigenvalue weighted by Crippen LogP contribution is -2.42. The molecule has 0 atom stereocenters. The van der Waals surface area contributed by atoms with Gasteiger partial charge < -0.3 is 5.32 Å². The first-order valence-electron chi connectivity index (χ1n) is 10.3. The number of amides is 1. The lowest BCUT2D eigenvalue weighted by Gasteiger charge is -2.30. The first kappa shape index (κ1) is 23.9. The van der Waals surface area contributed by atoms with Crippen LogP contribution < -0.4 is 10.0 Å². The molecule has 30 heavy (non-hydrogen) atoms. The van der Waals surface area contributed by atoms with Gasteiger partial charge in [-0.1, -0.05) is 6.07 Å². The van der Waals surface area contributed by atoms with Gasteiger partial charge in [0.15, 0.2) is 0 Å². The Hall–Kier alpha value is -2.38. The highest BCUT2D eigenvalue weighted by atomic mass is 32.2. The SMILES string of the molecule is Cc1ccc(S(=O)(=O)Nc2ccc(C(=O)NCCN(C(C)C)C(C)C)cc2)cc1C. The van der Waals surface area contributed by atoms with Crippen LogP contribution in [0.5, 0.6) is 0 Å². The molecule has 6 nitrogen and oxygen atoms in total. The van der Waals surface area contributed by atoms with Crippen LogP contribution >= 0.6 is 0 Å². The largest absolute Gasteiger partial charge is 0.351 e. The Labute approximate surface area is 180 Å². The summed E-state index contributed by atoms with van der Waals surface area (Å²) < 4.78 is 27.8. The predicted octanol–water partition coefficient (Wildman–Crippen LogP) is 3.95. The summed E-state index contributed by atoms with van der Waals surface area (Å²) >= 11 is 0. The molecule has 0 radical (unpaired) electrons. The Bertz CT molecular complexity index is 960. The molecular weight excluding hydrogens is 398 g/mol. The second-order valence-corrected chi connectivity index (χ2v) is 9.79. The number of carbonyl (C=O) groups is 1. The van der Waals surface area contributed by atoms with Crippen LogP contribution in [0.1, 0.15) is 49.2 Å². The lowest BCUT2D eigenvalue weighted by molar-refractivity contribution is 0.0939. The quantitative estimate of drug-likeness (QED) is 0.630. The number of nitrogens with zero attached hydrogens (tertiary/aromatic N) is 1. The summed E-state index contributed by atoms with van der Waals surface area (Å²) in [5.74, 6) is -0.175. The van der Waals surface area contributed by atoms with E-state index in [0.29, 0.717) is 29.9 Å². The van der Waals surface area contributed by atoms with Gasteiger partial charge in [-0.25, -0.2) is 8.42 Å². The summed E-state index contributed by atoms with van der Waals surface area (Å²) in [6, 6.07) is 12.3. The van der Waals surface area contributed by atoms with E-state index in [0.717, 1.165) is 17.7 Å². The van der Waals surface area contributed by atoms with Crippen molar-refractivity contribution in [3.63, 3.8) is 0 Å². The van der Waals surface area contributed by atoms with E-state index in [2.05, 4.69) is 42.6 Å². The molecule has 1 amide bonds. The third-order valence-corrected chi connectivity index (χ3v) is 6.55. The van der Waals surface area contributed by atoms with E-state index in [-0.39, 0.29) is 10.8 Å². The maximum absolute atomic E-state index is 12.6. The monoisotopic (exact) mass is 431 g/mol. The van der Waals surface area contributed by atoms with Crippen LogP contribution in [-0.4, -0.2) is 44.4 Å². The molecule has 0 spiro atoms. The van der Waals surface area contributed by atoms with Gasteiger partial charge in [0, 0.05) is 36.4 Å². The number of hydrogen-bond donors (Lipinski definition) is 2. The fraction of sp³-hybridized carbons (Fsp3) is 0.435. The van der Waals surface area contributed by atoms with E-state index in [1.807, 2.05) is 13.8 Å². The summed E-state index contributed by atoms with van der Waals surface area (Å²) in [6.07, 6.45) is 0. The molecule has 0 aliphatic carbocycles. The van der Waals surface area contributed by atoms with Gasteiger partial charge in [-0.05, 0) is 89.1 Å². The average molecular weight is 432 g/mol. The Balaban J connectivity index is 1.98. The number of sulfonamides is 1. The molecule has 164 valence electrons. The van der Waals surface area contributed by atoms with Crippen molar-refractivity contribution in [2.75, 3.05) is 17.8 Å². The molecule has 2 N–H and O–H groups in total. The summed E-state index contributed by atoms with van der Waals surface area (Å²) in [5.41, 5.74) is 2.85. The lowest BCUT2D eigenvalue weighted by atomic mass is 10.1. The highest BCUT2D eigenvalue weighted by Crippen LogP contribution is 2.19. The van der Waals surface area contributed by atoms with Gasteiger partial charge in [-0.3, -0.25) is 14.4 Å². The van der Waals surface area contributed by atoms with Gasteiger partial charge >= 0.3 is 0 Å². The van der Waals surface area contributed by atoms with Crippen molar-refractivity contribution < 1.29 is 13.2 Å². The number of nitrogens with one attached hydrogen (secondary N) is 2. The molecule has 0 unspecified atom stereocenters. The second kappa shape index (κ2) is 10.1. The molecular formula is C23H33N3O3S. The van der Waals surface area contributed by atoms with Crippen LogP contribution in [0.4, 0.5) is 5.69 Å². The zero-order chi connectivity index (χ0) is 22.5. The Kier molecular flexibility index (Phi) is 8.03. The summed E-state index contributed by atoms with van der Waals surface area (Å²) in [6.45, 7) is 13.7. The molecule has 0 bridgehead atoms. The van der Waals surface area contributed by atoms with E-state index in [1.54, 1.807) is 42.5 Å². The van der Waals surface area contributed by atoms with E-state index in [9.17, 15) is 13.2 Å². The van der Waals surface area contributed by atoms with E-state index < -0.39 is 10.0 Å². The van der Waals surface area contributed by atoms with Crippen LogP contribution in [0.3, 0.4) is 0 Å². The van der Waals surface area contributed by atoms with Crippen molar-refractivity contribution in [3.8, 4) is 0 Å². The molecule has 0 aliphatic rings. The number of hydrogen-bond acceptors (Lipinski definition) is 4. The molecule has 0 saturated carbocycles. The van der Waals surface area contributed by atoms with Crippen LogP contribution in [0.2, 0.25) is 0 Å². The normalized spacial score (nSPS) is 11.9. The highest BCUT2D eigenvalue weighted by molar-refractivity contribution is 7.92. The van der Waals surface area contributed by atoms with Crippen LogP contribution in [0, 0.1) is 13.8 Å². The van der Waals surface area contributed by atoms with Crippen LogP contribution in [-0.2, 0) is 10.0 Å². The van der Waals surface area contributed by atoms with Crippen molar-refractivity contribution >= 4 is 21.6 Å². The number of aryl methyl sites for hydroxylation is 2. The topological polar surface area (TPSA) is 78.5 Å². The van der Waals surface area contributed by atoms with E-state index in [1.165, 1.54) is 0 Å². The molecule has 0 saturated heterocycles. The number of rotatable bonds is 9. The molecule has 0 aromatic heterocycles. The first-order valence-corrected chi connectivity index (χ1v) is 11.7. The Morgan fingerprint density at radius 3 is 2.07 bits per heavy atom. The average Bonchev–Trinajstić information content (AvgIpc) is 2.66. The highest BCUT2D eigenvalue weighted by Gasteiger charge is 2.16. The third-order valence-electron chi connectivity index (χ3n) is 5.17. The smallest absolute Gasteiger partial charge is 0.261 e. The molecule has 0 fully saturated rings. The molecule has 2 aromatic carbocycles. The van der Waals surface area contributed by atoms with Crippen LogP contribution in [0.25, 0.3) is 0 Å². The molecule has 2 aromatic rings. The molecule has 0 heterocycles. The fourth-order valence-corrected chi connectivity index (χ4v) is 4.44. The van der Waals surface area contributed by atoms with Gasteiger partial charge in [0.2, 0.25) is 0 Å². The first-order chi connectivity index (χ1) is 14.0. The van der Waals surface area contributed by atoms with Crippen LogP contribution in [0.15, 0.2) is 47.4 Å². The third kappa shape index (κ3) is 6.31. The molecule has 7 heteroatoms. The Morgan fingerprint density at radius 1 is 0.933 bits per heavy atom. The summed E-state index contributed by atoms with van der Waals surface area (Å²) in [4.78, 5) is 14.9. The van der Waals surface area contributed by atoms with Crippen molar-refractivity contribution in [1.29, 1.82) is 0 Å². The van der Waals surface area contributed by atoms with Gasteiger partial charge in [0.05, 0.1) is 4.90 Å². The minimum absolute atomic E-state index is 0.175. The van der Waals surface area contributed by atoms with Gasteiger partial charge in [0.25, 0.3) is 15.9 Å². The van der Waals surface area contributed by atoms with Crippen molar-refractivity contribution in [3.05, 3.63) is 59.2 Å². The van der Waals surface area contributed by atoms with Gasteiger partial charge in [-0.15, -0.1) is 0 Å². The number of benzene rings is 2. The van der Waals surface area contributed by atoms with Gasteiger partial charge in [-0.2, -0.15) is 0 Å². The van der Waals surface area contributed by atoms with Crippen molar-refractivity contribution in [2.45, 2.75) is 58.5 Å². The standard InChI is InChI=1S/C23H33N3O3S/c1-16(2)26(17(3)4)14-13-24-23(27)20-8-10-21(11-9-20)25-30(28,29)22-12-7-18(5)19(6)15-22/h7-12,15-17,25H,13-14H2,1-6H3,(H,24,27). The molecule has 0 aliphatic heterocycles. The zero-order valence-corrected chi connectivity index (χ0v) is 19.5. The summed E-state index contributed by atoms with van der Waals surface area (Å²) in [5, 5.41) is 2.92. The fourth-order valence-electron chi connectivity index (χ4n) is 3.30. The maximum Gasteiger partial charge on any atom is 0.261 e. The minimum atomic E-state index is -3.68.